The number of aliphatic hydroxyl groups is 1. The minimum atomic E-state index is -0.702. The lowest BCUT2D eigenvalue weighted by atomic mass is 10.00. The summed E-state index contributed by atoms with van der Waals surface area (Å²) >= 11 is 0. The summed E-state index contributed by atoms with van der Waals surface area (Å²) in [7, 11) is 0. The Morgan fingerprint density at radius 1 is 1.38 bits per heavy atom. The van der Waals surface area contributed by atoms with Gasteiger partial charge in [0.15, 0.2) is 0 Å². The van der Waals surface area contributed by atoms with E-state index in [1.165, 1.54) is 5.57 Å². The molecule has 0 aliphatic carbocycles. The van der Waals surface area contributed by atoms with E-state index >= 15 is 0 Å². The van der Waals surface area contributed by atoms with E-state index in [-0.39, 0.29) is 0 Å². The summed E-state index contributed by atoms with van der Waals surface area (Å²) in [6, 6.07) is 0. The summed E-state index contributed by atoms with van der Waals surface area (Å²) in [6.45, 7) is 9.45. The molecule has 0 radical (unpaired) electrons. The second-order valence-corrected chi connectivity index (χ2v) is 3.38. The largest absolute Gasteiger partial charge is 0.386 e. The number of rotatable bonds is 4. The van der Waals surface area contributed by atoms with Crippen LogP contribution in [0, 0.1) is 0 Å². The van der Waals surface area contributed by atoms with Crippen LogP contribution in [0.4, 0.5) is 0 Å². The summed E-state index contributed by atoms with van der Waals surface area (Å²) in [6.07, 6.45) is 5.38. The lowest BCUT2D eigenvalue weighted by Crippen LogP contribution is -2.19. The SMILES string of the molecule is C=CC(C)(O)CCC=C(C)C.OO. The Morgan fingerprint density at radius 3 is 2.15 bits per heavy atom. The molecule has 0 fully saturated rings. The summed E-state index contributed by atoms with van der Waals surface area (Å²) in [5.41, 5.74) is 0.594. The van der Waals surface area contributed by atoms with E-state index < -0.39 is 5.60 Å². The fourth-order valence-corrected chi connectivity index (χ4v) is 0.755. The van der Waals surface area contributed by atoms with Crippen molar-refractivity contribution >= 4 is 0 Å². The molecule has 0 aliphatic heterocycles. The van der Waals surface area contributed by atoms with Crippen molar-refractivity contribution in [2.75, 3.05) is 0 Å². The van der Waals surface area contributed by atoms with E-state index in [2.05, 4.69) is 26.5 Å². The first kappa shape index (κ1) is 14.9. The van der Waals surface area contributed by atoms with Crippen LogP contribution in [0.2, 0.25) is 0 Å². The third-order valence-electron chi connectivity index (χ3n) is 1.64. The molecule has 3 N–H and O–H groups in total. The van der Waals surface area contributed by atoms with Crippen molar-refractivity contribution in [1.29, 1.82) is 0 Å². The predicted molar refractivity (Wildman–Crippen MR) is 54.7 cm³/mol. The van der Waals surface area contributed by atoms with E-state index in [4.69, 9.17) is 10.5 Å². The smallest absolute Gasteiger partial charge is 0.0800 e. The monoisotopic (exact) mass is 188 g/mol. The third-order valence-corrected chi connectivity index (χ3v) is 1.64. The first-order valence-electron chi connectivity index (χ1n) is 4.17. The quantitative estimate of drug-likeness (QED) is 0.361. The molecule has 0 rings (SSSR count). The van der Waals surface area contributed by atoms with Crippen LogP contribution in [0.3, 0.4) is 0 Å². The van der Waals surface area contributed by atoms with Crippen LogP contribution in [0.25, 0.3) is 0 Å². The van der Waals surface area contributed by atoms with Crippen molar-refractivity contribution < 1.29 is 15.6 Å². The highest BCUT2D eigenvalue weighted by molar-refractivity contribution is 4.97. The minimum Gasteiger partial charge on any atom is -0.386 e. The van der Waals surface area contributed by atoms with Gasteiger partial charge in [0.25, 0.3) is 0 Å². The molecule has 13 heavy (non-hydrogen) atoms. The number of hydrogen-bond donors (Lipinski definition) is 3. The molecule has 0 saturated heterocycles. The van der Waals surface area contributed by atoms with Crippen molar-refractivity contribution in [3.8, 4) is 0 Å². The van der Waals surface area contributed by atoms with Crippen LogP contribution >= 0.6 is 0 Å². The second kappa shape index (κ2) is 7.98. The van der Waals surface area contributed by atoms with Gasteiger partial charge in [0.1, 0.15) is 0 Å². The highest BCUT2D eigenvalue weighted by Crippen LogP contribution is 2.13. The second-order valence-electron chi connectivity index (χ2n) is 3.38. The number of allylic oxidation sites excluding steroid dienone is 2. The Balaban J connectivity index is 0. The van der Waals surface area contributed by atoms with Gasteiger partial charge in [0, 0.05) is 0 Å². The van der Waals surface area contributed by atoms with Crippen LogP contribution in [-0.4, -0.2) is 21.2 Å². The molecule has 1 unspecified atom stereocenters. The molecule has 0 saturated carbocycles. The Kier molecular flexibility index (Phi) is 9.12. The van der Waals surface area contributed by atoms with Crippen LogP contribution in [0.15, 0.2) is 24.3 Å². The van der Waals surface area contributed by atoms with Crippen molar-refractivity contribution in [2.24, 2.45) is 0 Å². The first-order chi connectivity index (χ1) is 5.98. The van der Waals surface area contributed by atoms with Gasteiger partial charge in [-0.25, -0.2) is 0 Å². The minimum absolute atomic E-state index is 0.702. The van der Waals surface area contributed by atoms with Crippen molar-refractivity contribution in [3.63, 3.8) is 0 Å². The van der Waals surface area contributed by atoms with Crippen LogP contribution in [0.1, 0.15) is 33.6 Å². The summed E-state index contributed by atoms with van der Waals surface area (Å²) in [5, 5.41) is 21.5. The molecule has 0 aromatic heterocycles. The van der Waals surface area contributed by atoms with E-state index in [1.807, 2.05) is 0 Å². The molecule has 3 nitrogen and oxygen atoms in total. The van der Waals surface area contributed by atoms with Gasteiger partial charge in [-0.15, -0.1) is 6.58 Å². The highest BCUT2D eigenvalue weighted by atomic mass is 17.0. The normalized spacial score (nSPS) is 13.4. The Morgan fingerprint density at radius 2 is 1.85 bits per heavy atom. The van der Waals surface area contributed by atoms with Gasteiger partial charge in [-0.1, -0.05) is 17.7 Å². The molecular weight excluding hydrogens is 168 g/mol. The van der Waals surface area contributed by atoms with Gasteiger partial charge in [-0.2, -0.15) is 0 Å². The Labute approximate surface area is 80.0 Å². The molecule has 0 aromatic carbocycles. The summed E-state index contributed by atoms with van der Waals surface area (Å²) in [5.74, 6) is 0. The molecule has 0 aromatic rings. The Bertz CT molecular complexity index is 156. The predicted octanol–water partition coefficient (Wildman–Crippen LogP) is 2.69. The average molecular weight is 188 g/mol. The molecule has 1 atom stereocenters. The lowest BCUT2D eigenvalue weighted by Gasteiger charge is -2.16. The van der Waals surface area contributed by atoms with E-state index in [9.17, 15) is 5.11 Å². The topological polar surface area (TPSA) is 60.7 Å². The van der Waals surface area contributed by atoms with Crippen molar-refractivity contribution in [3.05, 3.63) is 24.3 Å². The lowest BCUT2D eigenvalue weighted by molar-refractivity contribution is -0.176. The van der Waals surface area contributed by atoms with E-state index in [0.29, 0.717) is 0 Å². The Hall–Kier alpha value is -0.640. The molecule has 0 amide bonds. The van der Waals surface area contributed by atoms with Gasteiger partial charge < -0.3 is 5.11 Å². The molecule has 3 heteroatoms. The fraction of sp³-hybridized carbons (Fsp3) is 0.600. The van der Waals surface area contributed by atoms with Gasteiger partial charge in [0.05, 0.1) is 5.60 Å². The molecule has 0 aliphatic rings. The first-order valence-corrected chi connectivity index (χ1v) is 4.17. The molecule has 0 heterocycles. The van der Waals surface area contributed by atoms with Gasteiger partial charge in [-0.05, 0) is 33.6 Å². The van der Waals surface area contributed by atoms with Gasteiger partial charge in [0.2, 0.25) is 0 Å². The van der Waals surface area contributed by atoms with E-state index in [0.717, 1.165) is 12.8 Å². The van der Waals surface area contributed by atoms with E-state index in [1.54, 1.807) is 13.0 Å². The standard InChI is InChI=1S/C10H18O.H2O2/c1-5-10(4,11)8-6-7-9(2)3;1-2/h5,7,11H,1,6,8H2,2-4H3;1-2H. The average Bonchev–Trinajstić information content (AvgIpc) is 2.07. The maximum atomic E-state index is 9.49. The third kappa shape index (κ3) is 11.4. The highest BCUT2D eigenvalue weighted by Gasteiger charge is 2.12. The molecular formula is C10H20O3. The maximum Gasteiger partial charge on any atom is 0.0800 e. The molecule has 78 valence electrons. The zero-order chi connectivity index (χ0) is 10.9. The fourth-order valence-electron chi connectivity index (χ4n) is 0.755. The van der Waals surface area contributed by atoms with Gasteiger partial charge >= 0.3 is 0 Å². The van der Waals surface area contributed by atoms with Crippen LogP contribution in [0.5, 0.6) is 0 Å². The summed E-state index contributed by atoms with van der Waals surface area (Å²) < 4.78 is 0. The zero-order valence-corrected chi connectivity index (χ0v) is 8.62. The van der Waals surface area contributed by atoms with Crippen molar-refractivity contribution in [2.45, 2.75) is 39.2 Å². The van der Waals surface area contributed by atoms with Crippen LogP contribution in [-0.2, 0) is 0 Å². The molecule has 0 bridgehead atoms. The summed E-state index contributed by atoms with van der Waals surface area (Å²) in [4.78, 5) is 0. The number of hydrogen-bond acceptors (Lipinski definition) is 3. The van der Waals surface area contributed by atoms with Crippen molar-refractivity contribution in [1.82, 2.24) is 0 Å². The van der Waals surface area contributed by atoms with Crippen LogP contribution < -0.4 is 0 Å². The maximum absolute atomic E-state index is 9.49. The van der Waals surface area contributed by atoms with Gasteiger partial charge in [-0.3, -0.25) is 10.5 Å². The zero-order valence-electron chi connectivity index (χ0n) is 8.62. The molecule has 0 spiro atoms.